The number of hydrogen-bond acceptors (Lipinski definition) is 15. The average Bonchev–Trinajstić information content (AvgIpc) is 1.37. The lowest BCUT2D eigenvalue weighted by molar-refractivity contribution is -0.161. The summed E-state index contributed by atoms with van der Waals surface area (Å²) in [5.74, 6) is 0.856. The van der Waals surface area contributed by atoms with E-state index in [9.17, 15) is 43.2 Å². The van der Waals surface area contributed by atoms with Crippen LogP contribution in [0.3, 0.4) is 0 Å². The van der Waals surface area contributed by atoms with E-state index >= 15 is 0 Å². The molecule has 0 saturated heterocycles. The van der Waals surface area contributed by atoms with Crippen LogP contribution in [0.15, 0.2) is 0 Å². The molecule has 0 rings (SSSR count). The Kier molecular flexibility index (Phi) is 61.3. The van der Waals surface area contributed by atoms with Gasteiger partial charge in [0.1, 0.15) is 19.3 Å². The van der Waals surface area contributed by atoms with Gasteiger partial charge in [0.2, 0.25) is 0 Å². The molecule has 0 aliphatic heterocycles. The van der Waals surface area contributed by atoms with Gasteiger partial charge in [0.15, 0.2) is 12.2 Å². The minimum absolute atomic E-state index is 0.103. The number of aliphatic hydroxyl groups is 1. The van der Waals surface area contributed by atoms with E-state index < -0.39 is 97.5 Å². The Morgan fingerprint density at radius 1 is 0.304 bits per heavy atom. The summed E-state index contributed by atoms with van der Waals surface area (Å²) in [6, 6.07) is 0. The van der Waals surface area contributed by atoms with E-state index in [1.807, 2.05) is 0 Å². The number of carbonyl (C=O) groups excluding carboxylic acids is 4. The fourth-order valence-corrected chi connectivity index (χ4v) is 12.6. The standard InChI is InChI=1S/C73H142O17P2/c1-9-66(8)52-44-36-30-32-40-48-56-73(78)90-69(59-83-70(75)53-45-37-27-23-19-15-11-10-13-17-21-25-33-41-49-63(2)3)62-88-92(81,82)86-58-67(74)57-85-91(79,80)87-61-68(60-84-71(76)54-46-38-31-29-35-43-51-65(6)7)89-72(77)55-47-39-28-24-20-16-12-14-18-22-26-34-42-50-64(4)5/h63-69,74H,9-62H2,1-8H3,(H,79,80)(H,81,82)/t66?,67-,68+,69+/m0/s1. The third kappa shape index (κ3) is 65.4. The summed E-state index contributed by atoms with van der Waals surface area (Å²) in [4.78, 5) is 72.6. The molecule has 3 unspecified atom stereocenters. The van der Waals surface area contributed by atoms with Gasteiger partial charge in [0, 0.05) is 25.7 Å². The lowest BCUT2D eigenvalue weighted by Gasteiger charge is -2.21. The monoisotopic (exact) mass is 1350 g/mol. The quantitative estimate of drug-likeness (QED) is 0.0222. The summed E-state index contributed by atoms with van der Waals surface area (Å²) in [6.45, 7) is 14.1. The summed E-state index contributed by atoms with van der Waals surface area (Å²) in [5, 5.41) is 10.6. The van der Waals surface area contributed by atoms with Crippen LogP contribution >= 0.6 is 15.6 Å². The Hall–Kier alpha value is -1.94. The molecule has 0 fully saturated rings. The fraction of sp³-hybridized carbons (Fsp3) is 0.945. The molecule has 0 aromatic heterocycles. The van der Waals surface area contributed by atoms with E-state index in [0.717, 1.165) is 114 Å². The van der Waals surface area contributed by atoms with Gasteiger partial charge in [-0.3, -0.25) is 37.3 Å². The van der Waals surface area contributed by atoms with Gasteiger partial charge in [0.25, 0.3) is 0 Å². The first kappa shape index (κ1) is 90.1. The SMILES string of the molecule is CCC(C)CCCCCCCCC(=O)O[C@H](COC(=O)CCCCCCCCCCCCCCCCC(C)C)COP(=O)(O)OC[C@@H](O)COP(=O)(O)OC[C@@H](COC(=O)CCCCCCCCC(C)C)OC(=O)CCCCCCCCCCCCCCCC(C)C. The Morgan fingerprint density at radius 3 is 0.772 bits per heavy atom. The number of unbranched alkanes of at least 4 members (excludes halogenated alkanes) is 35. The second-order valence-electron chi connectivity index (χ2n) is 28.0. The largest absolute Gasteiger partial charge is 0.472 e. The Bertz CT molecular complexity index is 1820. The van der Waals surface area contributed by atoms with Crippen LogP contribution in [-0.4, -0.2) is 96.7 Å². The molecular weight excluding hydrogens is 1210 g/mol. The van der Waals surface area contributed by atoms with Crippen molar-refractivity contribution >= 4 is 39.5 Å². The number of rotatable bonds is 70. The highest BCUT2D eigenvalue weighted by atomic mass is 31.2. The summed E-state index contributed by atoms with van der Waals surface area (Å²) >= 11 is 0. The molecule has 546 valence electrons. The van der Waals surface area contributed by atoms with Crippen LogP contribution in [0.4, 0.5) is 0 Å². The van der Waals surface area contributed by atoms with Gasteiger partial charge in [-0.1, -0.05) is 312 Å². The van der Waals surface area contributed by atoms with E-state index in [1.54, 1.807) is 0 Å². The van der Waals surface area contributed by atoms with E-state index in [1.165, 1.54) is 161 Å². The van der Waals surface area contributed by atoms with Crippen LogP contribution in [-0.2, 0) is 65.4 Å². The van der Waals surface area contributed by atoms with Gasteiger partial charge in [0.05, 0.1) is 26.4 Å². The first-order valence-corrected chi connectivity index (χ1v) is 40.7. The van der Waals surface area contributed by atoms with E-state index in [4.69, 9.17) is 37.0 Å². The van der Waals surface area contributed by atoms with E-state index in [2.05, 4.69) is 55.4 Å². The number of aliphatic hydroxyl groups excluding tert-OH is 1. The number of carbonyl (C=O) groups is 4. The lowest BCUT2D eigenvalue weighted by Crippen LogP contribution is -2.30. The average molecular weight is 1350 g/mol. The van der Waals surface area contributed by atoms with Crippen molar-refractivity contribution in [1.82, 2.24) is 0 Å². The molecule has 0 radical (unpaired) electrons. The van der Waals surface area contributed by atoms with Crippen molar-refractivity contribution in [2.24, 2.45) is 23.7 Å². The van der Waals surface area contributed by atoms with Crippen molar-refractivity contribution in [2.75, 3.05) is 39.6 Å². The summed E-state index contributed by atoms with van der Waals surface area (Å²) in [5.41, 5.74) is 0. The number of phosphoric ester groups is 2. The van der Waals surface area contributed by atoms with Crippen LogP contribution in [0.5, 0.6) is 0 Å². The molecule has 0 heterocycles. The smallest absolute Gasteiger partial charge is 0.462 e. The lowest BCUT2D eigenvalue weighted by atomic mass is 10.00. The summed E-state index contributed by atoms with van der Waals surface area (Å²) in [6.07, 6.45) is 46.0. The molecule has 19 heteroatoms. The minimum Gasteiger partial charge on any atom is -0.462 e. The van der Waals surface area contributed by atoms with Crippen LogP contribution in [0, 0.1) is 23.7 Å². The van der Waals surface area contributed by atoms with Crippen molar-refractivity contribution in [2.45, 2.75) is 382 Å². The summed E-state index contributed by atoms with van der Waals surface area (Å²) < 4.78 is 68.3. The molecule has 92 heavy (non-hydrogen) atoms. The number of esters is 4. The van der Waals surface area contributed by atoms with Crippen LogP contribution < -0.4 is 0 Å². The normalized spacial score (nSPS) is 14.5. The van der Waals surface area contributed by atoms with Gasteiger partial charge in [-0.2, -0.15) is 0 Å². The van der Waals surface area contributed by atoms with Crippen molar-refractivity contribution < 1.29 is 80.2 Å². The minimum atomic E-state index is -4.95. The zero-order valence-corrected chi connectivity index (χ0v) is 62.0. The van der Waals surface area contributed by atoms with E-state index in [-0.39, 0.29) is 25.7 Å². The molecule has 0 aromatic rings. The van der Waals surface area contributed by atoms with Crippen molar-refractivity contribution in [3.05, 3.63) is 0 Å². The van der Waals surface area contributed by atoms with E-state index in [0.29, 0.717) is 31.6 Å². The van der Waals surface area contributed by atoms with Crippen LogP contribution in [0.25, 0.3) is 0 Å². The molecule has 0 aliphatic rings. The topological polar surface area (TPSA) is 237 Å². The number of ether oxygens (including phenoxy) is 4. The molecule has 0 bridgehead atoms. The molecule has 17 nitrogen and oxygen atoms in total. The third-order valence-electron chi connectivity index (χ3n) is 17.2. The first-order chi connectivity index (χ1) is 44.1. The molecule has 0 aliphatic carbocycles. The molecule has 0 spiro atoms. The number of hydrogen-bond donors (Lipinski definition) is 3. The summed E-state index contributed by atoms with van der Waals surface area (Å²) in [7, 11) is -9.91. The second-order valence-corrected chi connectivity index (χ2v) is 30.9. The van der Waals surface area contributed by atoms with Gasteiger partial charge >= 0.3 is 39.5 Å². The third-order valence-corrected chi connectivity index (χ3v) is 19.1. The second kappa shape index (κ2) is 62.6. The highest BCUT2D eigenvalue weighted by Gasteiger charge is 2.30. The fourth-order valence-electron chi connectivity index (χ4n) is 11.0. The Labute approximate surface area is 562 Å². The van der Waals surface area contributed by atoms with Crippen molar-refractivity contribution in [3.8, 4) is 0 Å². The maximum absolute atomic E-state index is 13.0. The van der Waals surface area contributed by atoms with Gasteiger partial charge in [-0.05, 0) is 49.4 Å². The maximum atomic E-state index is 13.0. The number of phosphoric acid groups is 2. The van der Waals surface area contributed by atoms with Crippen LogP contribution in [0.1, 0.15) is 364 Å². The molecule has 0 saturated carbocycles. The molecule has 3 N–H and O–H groups in total. The molecule has 0 aromatic carbocycles. The highest BCUT2D eigenvalue weighted by Crippen LogP contribution is 2.45. The molecular formula is C73H142O17P2. The van der Waals surface area contributed by atoms with Gasteiger partial charge in [-0.15, -0.1) is 0 Å². The predicted octanol–water partition coefficient (Wildman–Crippen LogP) is 20.9. The maximum Gasteiger partial charge on any atom is 0.472 e. The molecule has 0 amide bonds. The first-order valence-electron chi connectivity index (χ1n) is 37.7. The zero-order chi connectivity index (χ0) is 68.2. The van der Waals surface area contributed by atoms with Gasteiger partial charge < -0.3 is 33.8 Å². The Morgan fingerprint density at radius 2 is 0.522 bits per heavy atom. The van der Waals surface area contributed by atoms with Crippen LogP contribution in [0.2, 0.25) is 0 Å². The van der Waals surface area contributed by atoms with Crippen molar-refractivity contribution in [1.29, 1.82) is 0 Å². The highest BCUT2D eigenvalue weighted by molar-refractivity contribution is 7.47. The molecule has 6 atom stereocenters. The predicted molar refractivity (Wildman–Crippen MR) is 372 cm³/mol. The van der Waals surface area contributed by atoms with Gasteiger partial charge in [-0.25, -0.2) is 9.13 Å². The Balaban J connectivity index is 5.19. The zero-order valence-electron chi connectivity index (χ0n) is 60.2. The van der Waals surface area contributed by atoms with Crippen molar-refractivity contribution in [3.63, 3.8) is 0 Å².